The largest absolute Gasteiger partial charge is 0.352 e. The molecule has 104 valence electrons. The number of hydrogen-bond donors (Lipinski definition) is 3. The van der Waals surface area contributed by atoms with Crippen molar-refractivity contribution in [2.75, 3.05) is 0 Å². The average molecular weight is 355 g/mol. The Kier molecular flexibility index (Phi) is 4.35. The minimum atomic E-state index is -0.478. The maximum absolute atomic E-state index is 11.9. The van der Waals surface area contributed by atoms with Gasteiger partial charge in [0.25, 0.3) is 11.8 Å². The summed E-state index contributed by atoms with van der Waals surface area (Å²) in [5.41, 5.74) is 5.36. The van der Waals surface area contributed by atoms with Gasteiger partial charge in [0.1, 0.15) is 10.3 Å². The van der Waals surface area contributed by atoms with Gasteiger partial charge in [0.05, 0.1) is 5.56 Å². The van der Waals surface area contributed by atoms with Crippen LogP contribution in [0.2, 0.25) is 0 Å². The van der Waals surface area contributed by atoms with Gasteiger partial charge in [0, 0.05) is 23.9 Å². The van der Waals surface area contributed by atoms with Gasteiger partial charge in [0.15, 0.2) is 0 Å². The molecular formula is C12H11BrN4O2S. The van der Waals surface area contributed by atoms with Crippen LogP contribution in [0.1, 0.15) is 20.8 Å². The smallest absolute Gasteiger partial charge is 0.286 e. The van der Waals surface area contributed by atoms with Crippen molar-refractivity contribution in [2.24, 2.45) is 7.05 Å². The molecule has 0 radical (unpaired) electrons. The third kappa shape index (κ3) is 3.14. The fourth-order valence-electron chi connectivity index (χ4n) is 1.60. The third-order valence-corrected chi connectivity index (χ3v) is 3.33. The molecule has 0 aliphatic heterocycles. The van der Waals surface area contributed by atoms with Crippen molar-refractivity contribution >= 4 is 40.0 Å². The lowest BCUT2D eigenvalue weighted by molar-refractivity contribution is 0.0841. The molecule has 0 fully saturated rings. The molecule has 20 heavy (non-hydrogen) atoms. The maximum atomic E-state index is 11.9. The van der Waals surface area contributed by atoms with E-state index in [0.29, 0.717) is 10.3 Å². The lowest BCUT2D eigenvalue weighted by Crippen LogP contribution is -2.42. The molecule has 0 aromatic carbocycles. The van der Waals surface area contributed by atoms with E-state index < -0.39 is 11.8 Å². The Balaban J connectivity index is 2.04. The van der Waals surface area contributed by atoms with Crippen LogP contribution < -0.4 is 10.9 Å². The Morgan fingerprint density at radius 1 is 1.35 bits per heavy atom. The van der Waals surface area contributed by atoms with E-state index >= 15 is 0 Å². The quantitative estimate of drug-likeness (QED) is 0.569. The molecule has 0 atom stereocenters. The zero-order valence-electron chi connectivity index (χ0n) is 10.4. The van der Waals surface area contributed by atoms with Gasteiger partial charge in [-0.1, -0.05) is 12.2 Å². The lowest BCUT2D eigenvalue weighted by atomic mass is 10.3. The van der Waals surface area contributed by atoms with Crippen molar-refractivity contribution < 1.29 is 9.59 Å². The average Bonchev–Trinajstić information content (AvgIpc) is 2.75. The molecule has 2 rings (SSSR count). The summed E-state index contributed by atoms with van der Waals surface area (Å²) in [5.74, 6) is -0.897. The number of rotatable bonds is 2. The molecular weight excluding hydrogens is 344 g/mol. The van der Waals surface area contributed by atoms with Crippen molar-refractivity contribution in [2.45, 2.75) is 0 Å². The van der Waals surface area contributed by atoms with E-state index in [1.807, 2.05) is 0 Å². The number of nitrogens with zero attached hydrogens (tertiary/aromatic N) is 1. The summed E-state index contributed by atoms with van der Waals surface area (Å²) in [6.45, 7) is 0. The Morgan fingerprint density at radius 3 is 2.65 bits per heavy atom. The number of carbonyl (C=O) groups is 2. The predicted molar refractivity (Wildman–Crippen MR) is 79.7 cm³/mol. The van der Waals surface area contributed by atoms with Crippen LogP contribution in [0.4, 0.5) is 0 Å². The van der Waals surface area contributed by atoms with Gasteiger partial charge in [-0.15, -0.1) is 0 Å². The topological polar surface area (TPSA) is 78.9 Å². The van der Waals surface area contributed by atoms with Crippen molar-refractivity contribution in [3.8, 4) is 0 Å². The lowest BCUT2D eigenvalue weighted by Gasteiger charge is -2.07. The van der Waals surface area contributed by atoms with Gasteiger partial charge >= 0.3 is 0 Å². The highest BCUT2D eigenvalue weighted by atomic mass is 79.9. The minimum absolute atomic E-state index is 0.288. The number of H-pyrrole nitrogens is 1. The van der Waals surface area contributed by atoms with E-state index in [4.69, 9.17) is 12.2 Å². The molecule has 2 aromatic rings. The van der Waals surface area contributed by atoms with Crippen LogP contribution >= 0.6 is 28.1 Å². The molecule has 0 saturated heterocycles. The Labute approximate surface area is 128 Å². The van der Waals surface area contributed by atoms with Crippen LogP contribution in [0, 0.1) is 4.64 Å². The van der Waals surface area contributed by atoms with E-state index in [1.165, 1.54) is 0 Å². The highest BCUT2D eigenvalue weighted by molar-refractivity contribution is 9.10. The number of halogens is 1. The summed E-state index contributed by atoms with van der Waals surface area (Å²) in [5, 5.41) is 0. The van der Waals surface area contributed by atoms with Crippen LogP contribution in [-0.2, 0) is 7.05 Å². The first-order chi connectivity index (χ1) is 9.49. The monoisotopic (exact) mass is 354 g/mol. The molecule has 3 N–H and O–H groups in total. The fourth-order valence-corrected chi connectivity index (χ4v) is 2.35. The molecule has 2 aromatic heterocycles. The molecule has 0 aliphatic rings. The van der Waals surface area contributed by atoms with Crippen LogP contribution in [0.3, 0.4) is 0 Å². The molecule has 2 amide bonds. The number of carbonyl (C=O) groups excluding carboxylic acids is 2. The van der Waals surface area contributed by atoms with E-state index in [-0.39, 0.29) is 5.56 Å². The van der Waals surface area contributed by atoms with Gasteiger partial charge in [-0.05, 0) is 34.1 Å². The Morgan fingerprint density at radius 2 is 2.05 bits per heavy atom. The number of aromatic nitrogens is 2. The summed E-state index contributed by atoms with van der Waals surface area (Å²) in [6, 6.07) is 4.87. The number of pyridine rings is 1. The van der Waals surface area contributed by atoms with Crippen molar-refractivity contribution in [3.05, 3.63) is 51.0 Å². The van der Waals surface area contributed by atoms with Gasteiger partial charge in [-0.2, -0.15) is 0 Å². The summed E-state index contributed by atoms with van der Waals surface area (Å²) in [4.78, 5) is 26.5. The van der Waals surface area contributed by atoms with Crippen LogP contribution in [0.15, 0.2) is 35.1 Å². The number of hydrogen-bond acceptors (Lipinski definition) is 3. The van der Waals surface area contributed by atoms with Gasteiger partial charge < -0.3 is 9.55 Å². The zero-order chi connectivity index (χ0) is 14.7. The van der Waals surface area contributed by atoms with E-state index in [2.05, 4.69) is 31.8 Å². The molecule has 8 heteroatoms. The van der Waals surface area contributed by atoms with Gasteiger partial charge in [0.2, 0.25) is 0 Å². The first kappa shape index (κ1) is 14.5. The fraction of sp³-hybridized carbons (Fsp3) is 0.0833. The minimum Gasteiger partial charge on any atom is -0.352 e. The number of aryl methyl sites for hydroxylation is 1. The Hall–Kier alpha value is -1.93. The summed E-state index contributed by atoms with van der Waals surface area (Å²) >= 11 is 8.26. The molecule has 2 heterocycles. The highest BCUT2D eigenvalue weighted by Crippen LogP contribution is 2.13. The number of amides is 2. The molecule has 0 bridgehead atoms. The number of nitrogens with one attached hydrogen (secondary N) is 3. The third-order valence-electron chi connectivity index (χ3n) is 2.56. The van der Waals surface area contributed by atoms with E-state index in [0.717, 1.165) is 4.47 Å². The van der Waals surface area contributed by atoms with Crippen molar-refractivity contribution in [1.82, 2.24) is 20.4 Å². The van der Waals surface area contributed by atoms with Crippen molar-refractivity contribution in [1.29, 1.82) is 0 Å². The second-order valence-electron chi connectivity index (χ2n) is 3.98. The van der Waals surface area contributed by atoms with Crippen molar-refractivity contribution in [3.63, 3.8) is 0 Å². The summed E-state index contributed by atoms with van der Waals surface area (Å²) < 4.78 is 2.73. The first-order valence-electron chi connectivity index (χ1n) is 5.59. The number of aromatic amines is 1. The second kappa shape index (κ2) is 6.02. The highest BCUT2D eigenvalue weighted by Gasteiger charge is 2.13. The molecule has 0 aliphatic carbocycles. The zero-order valence-corrected chi connectivity index (χ0v) is 12.8. The first-order valence-corrected chi connectivity index (χ1v) is 6.79. The van der Waals surface area contributed by atoms with Gasteiger partial charge in [-0.25, -0.2) is 0 Å². The van der Waals surface area contributed by atoms with Crippen LogP contribution in [0.5, 0.6) is 0 Å². The van der Waals surface area contributed by atoms with Gasteiger partial charge in [-0.3, -0.25) is 20.4 Å². The van der Waals surface area contributed by atoms with E-state index in [9.17, 15) is 9.59 Å². The van der Waals surface area contributed by atoms with Crippen LogP contribution in [-0.4, -0.2) is 21.4 Å². The Bertz CT molecular complexity index is 722. The molecule has 0 saturated carbocycles. The summed E-state index contributed by atoms with van der Waals surface area (Å²) in [7, 11) is 1.73. The summed E-state index contributed by atoms with van der Waals surface area (Å²) in [6.07, 6.45) is 3.36. The molecule has 6 nitrogen and oxygen atoms in total. The predicted octanol–water partition coefficient (Wildman–Crippen LogP) is 1.92. The standard InChI is InChI=1S/C12H11BrN4O2S/c1-17-6-7(13)5-9(17)11(19)16-15-10(18)8-3-2-4-14-12(8)20/h2-6H,1H3,(H,14,20)(H,15,18)(H,16,19). The normalized spacial score (nSPS) is 10.1. The SMILES string of the molecule is Cn1cc(Br)cc1C(=O)NNC(=O)c1ccc[nH]c1=S. The number of hydrazine groups is 1. The van der Waals surface area contributed by atoms with Crippen LogP contribution in [0.25, 0.3) is 0 Å². The maximum Gasteiger partial charge on any atom is 0.286 e. The molecule has 0 spiro atoms. The molecule has 0 unspecified atom stereocenters. The second-order valence-corrected chi connectivity index (χ2v) is 5.30. The van der Waals surface area contributed by atoms with E-state index in [1.54, 1.807) is 42.2 Å².